The maximum Gasteiger partial charge on any atom is 0.237 e. The molecule has 2 heterocycles. The average molecular weight is 376 g/mol. The number of rotatable bonds is 5. The number of nitrogens with zero attached hydrogens (tertiary/aromatic N) is 2. The van der Waals surface area contributed by atoms with E-state index in [9.17, 15) is 13.6 Å². The van der Waals surface area contributed by atoms with Gasteiger partial charge in [0.05, 0.1) is 17.3 Å². The molecule has 2 unspecified atom stereocenters. The van der Waals surface area contributed by atoms with Crippen molar-refractivity contribution in [2.75, 3.05) is 18.0 Å². The largest absolute Gasteiger partial charge is 0.368 e. The second-order valence-corrected chi connectivity index (χ2v) is 7.26. The van der Waals surface area contributed by atoms with E-state index in [0.29, 0.717) is 31.6 Å². The molecule has 26 heavy (non-hydrogen) atoms. The molecule has 1 saturated heterocycles. The standard InChI is InChI=1S/C18H18F2N4OS/c19-14-6-11(9-21)17(8-15(14)20)24-4-3-12(10-24)23-18(25)16(22)7-13-2-1-5-26-13/h1-2,5-6,8,12,16H,3-4,7,10,22H2,(H,23,25). The minimum atomic E-state index is -1.05. The van der Waals surface area contributed by atoms with Crippen LogP contribution < -0.4 is 16.0 Å². The normalized spacial score (nSPS) is 17.8. The third kappa shape index (κ3) is 4.00. The summed E-state index contributed by atoms with van der Waals surface area (Å²) in [6, 6.07) is 6.86. The van der Waals surface area contributed by atoms with Crippen LogP contribution in [0.2, 0.25) is 0 Å². The van der Waals surface area contributed by atoms with Crippen LogP contribution in [-0.4, -0.2) is 31.1 Å². The number of nitriles is 1. The van der Waals surface area contributed by atoms with Crippen LogP contribution in [0.15, 0.2) is 29.6 Å². The van der Waals surface area contributed by atoms with Gasteiger partial charge in [-0.05, 0) is 23.9 Å². The second-order valence-electron chi connectivity index (χ2n) is 6.23. The molecule has 3 N–H and O–H groups in total. The van der Waals surface area contributed by atoms with E-state index in [2.05, 4.69) is 5.32 Å². The van der Waals surface area contributed by atoms with Gasteiger partial charge in [0.1, 0.15) is 6.07 Å². The Hall–Kier alpha value is -2.50. The van der Waals surface area contributed by atoms with Crippen LogP contribution >= 0.6 is 11.3 Å². The lowest BCUT2D eigenvalue weighted by atomic mass is 10.1. The Morgan fingerprint density at radius 3 is 2.92 bits per heavy atom. The summed E-state index contributed by atoms with van der Waals surface area (Å²) < 4.78 is 26.9. The first kappa shape index (κ1) is 18.3. The number of carbonyl (C=O) groups is 1. The van der Waals surface area contributed by atoms with Crippen molar-refractivity contribution in [2.45, 2.75) is 24.9 Å². The number of hydrogen-bond donors (Lipinski definition) is 2. The molecule has 0 bridgehead atoms. The summed E-state index contributed by atoms with van der Waals surface area (Å²) in [6.07, 6.45) is 1.11. The third-order valence-corrected chi connectivity index (χ3v) is 5.27. The molecule has 1 aliphatic rings. The molecule has 2 aromatic rings. The van der Waals surface area contributed by atoms with Gasteiger partial charge in [0.2, 0.25) is 5.91 Å². The van der Waals surface area contributed by atoms with Crippen molar-refractivity contribution >= 4 is 22.9 Å². The van der Waals surface area contributed by atoms with Gasteiger partial charge in [-0.15, -0.1) is 11.3 Å². The van der Waals surface area contributed by atoms with Crippen molar-refractivity contribution in [3.05, 3.63) is 51.7 Å². The highest BCUT2D eigenvalue weighted by molar-refractivity contribution is 7.09. The quantitative estimate of drug-likeness (QED) is 0.838. The van der Waals surface area contributed by atoms with Crippen molar-refractivity contribution in [3.8, 4) is 6.07 Å². The van der Waals surface area contributed by atoms with E-state index in [4.69, 9.17) is 11.0 Å². The first-order valence-electron chi connectivity index (χ1n) is 8.20. The highest BCUT2D eigenvalue weighted by Crippen LogP contribution is 2.27. The predicted octanol–water partition coefficient (Wildman–Crippen LogP) is 2.16. The van der Waals surface area contributed by atoms with Gasteiger partial charge in [-0.2, -0.15) is 5.26 Å². The minimum Gasteiger partial charge on any atom is -0.368 e. The number of benzene rings is 1. The fourth-order valence-electron chi connectivity index (χ4n) is 3.03. The lowest BCUT2D eigenvalue weighted by Crippen LogP contribution is -2.47. The Morgan fingerprint density at radius 2 is 2.23 bits per heavy atom. The Bertz CT molecular complexity index is 834. The van der Waals surface area contributed by atoms with Gasteiger partial charge in [-0.25, -0.2) is 8.78 Å². The highest BCUT2D eigenvalue weighted by Gasteiger charge is 2.28. The monoisotopic (exact) mass is 376 g/mol. The van der Waals surface area contributed by atoms with Gasteiger partial charge < -0.3 is 16.0 Å². The molecule has 0 spiro atoms. The van der Waals surface area contributed by atoms with Crippen LogP contribution in [-0.2, 0) is 11.2 Å². The van der Waals surface area contributed by atoms with Crippen molar-refractivity contribution in [1.29, 1.82) is 5.26 Å². The van der Waals surface area contributed by atoms with Crippen molar-refractivity contribution in [3.63, 3.8) is 0 Å². The SMILES string of the molecule is N#Cc1cc(F)c(F)cc1N1CCC(NC(=O)C(N)Cc2cccs2)C1. The molecule has 5 nitrogen and oxygen atoms in total. The molecule has 0 radical (unpaired) electrons. The van der Waals surface area contributed by atoms with Crippen molar-refractivity contribution in [2.24, 2.45) is 5.73 Å². The van der Waals surface area contributed by atoms with Gasteiger partial charge in [-0.1, -0.05) is 6.07 Å². The van der Waals surface area contributed by atoms with E-state index in [1.54, 1.807) is 16.2 Å². The van der Waals surface area contributed by atoms with Crippen LogP contribution in [0.1, 0.15) is 16.9 Å². The molecule has 8 heteroatoms. The Balaban J connectivity index is 1.61. The predicted molar refractivity (Wildman–Crippen MR) is 95.8 cm³/mol. The maximum absolute atomic E-state index is 13.5. The molecule has 136 valence electrons. The first-order valence-corrected chi connectivity index (χ1v) is 9.08. The zero-order chi connectivity index (χ0) is 18.7. The summed E-state index contributed by atoms with van der Waals surface area (Å²) in [5.74, 6) is -2.28. The first-order chi connectivity index (χ1) is 12.5. The lowest BCUT2D eigenvalue weighted by Gasteiger charge is -2.21. The van der Waals surface area contributed by atoms with E-state index in [1.807, 2.05) is 23.6 Å². The fourth-order valence-corrected chi connectivity index (χ4v) is 3.80. The van der Waals surface area contributed by atoms with Crippen LogP contribution in [0.3, 0.4) is 0 Å². The summed E-state index contributed by atoms with van der Waals surface area (Å²) in [4.78, 5) is 15.1. The van der Waals surface area contributed by atoms with Gasteiger partial charge >= 0.3 is 0 Å². The molecule has 1 aromatic carbocycles. The molecule has 0 saturated carbocycles. The van der Waals surface area contributed by atoms with Crippen LogP contribution in [0, 0.1) is 23.0 Å². The Morgan fingerprint density at radius 1 is 1.46 bits per heavy atom. The number of amides is 1. The van der Waals surface area contributed by atoms with Gasteiger partial charge in [-0.3, -0.25) is 4.79 Å². The third-order valence-electron chi connectivity index (χ3n) is 4.37. The molecular formula is C18H18F2N4OS. The maximum atomic E-state index is 13.5. The molecule has 0 aliphatic carbocycles. The summed E-state index contributed by atoms with van der Waals surface area (Å²) >= 11 is 1.55. The summed E-state index contributed by atoms with van der Waals surface area (Å²) in [7, 11) is 0. The number of hydrogen-bond acceptors (Lipinski definition) is 5. The topological polar surface area (TPSA) is 82.2 Å². The smallest absolute Gasteiger partial charge is 0.237 e. The Kier molecular flexibility index (Phi) is 5.49. The summed E-state index contributed by atoms with van der Waals surface area (Å²) in [6.45, 7) is 0.947. The van der Waals surface area contributed by atoms with Crippen molar-refractivity contribution < 1.29 is 13.6 Å². The number of halogens is 2. The molecule has 1 aromatic heterocycles. The molecule has 3 rings (SSSR count). The summed E-state index contributed by atoms with van der Waals surface area (Å²) in [5.41, 5.74) is 6.37. The zero-order valence-electron chi connectivity index (χ0n) is 13.9. The second kappa shape index (κ2) is 7.81. The molecule has 1 amide bonds. The number of carbonyl (C=O) groups excluding carboxylic acids is 1. The van der Waals surface area contributed by atoms with Crippen LogP contribution in [0.25, 0.3) is 0 Å². The molecule has 1 aliphatic heterocycles. The molecule has 1 fully saturated rings. The zero-order valence-corrected chi connectivity index (χ0v) is 14.7. The number of anilines is 1. The van der Waals surface area contributed by atoms with Crippen LogP contribution in [0.5, 0.6) is 0 Å². The minimum absolute atomic E-state index is 0.0743. The number of nitrogens with one attached hydrogen (secondary N) is 1. The number of thiophene rings is 1. The average Bonchev–Trinajstić information content (AvgIpc) is 3.28. The summed E-state index contributed by atoms with van der Waals surface area (Å²) in [5, 5.41) is 14.0. The fraction of sp³-hybridized carbons (Fsp3) is 0.333. The van der Waals surface area contributed by atoms with Crippen LogP contribution in [0.4, 0.5) is 14.5 Å². The molecular weight excluding hydrogens is 358 g/mol. The lowest BCUT2D eigenvalue weighted by molar-refractivity contribution is -0.122. The van der Waals surface area contributed by atoms with Gasteiger partial charge in [0.15, 0.2) is 11.6 Å². The van der Waals surface area contributed by atoms with E-state index < -0.39 is 17.7 Å². The molecule has 2 atom stereocenters. The number of nitrogens with two attached hydrogens (primary N) is 1. The van der Waals surface area contributed by atoms with Gasteiger partial charge in [0.25, 0.3) is 0 Å². The van der Waals surface area contributed by atoms with E-state index in [1.165, 1.54) is 0 Å². The highest BCUT2D eigenvalue weighted by atomic mass is 32.1. The van der Waals surface area contributed by atoms with E-state index in [-0.39, 0.29) is 17.5 Å². The van der Waals surface area contributed by atoms with E-state index in [0.717, 1.165) is 17.0 Å². The van der Waals surface area contributed by atoms with Crippen molar-refractivity contribution in [1.82, 2.24) is 5.32 Å². The Labute approximate surface area is 154 Å². The van der Waals surface area contributed by atoms with Gasteiger partial charge in [0, 0.05) is 36.5 Å². The van der Waals surface area contributed by atoms with E-state index >= 15 is 0 Å².